The summed E-state index contributed by atoms with van der Waals surface area (Å²) in [5.74, 6) is 0.332. The number of nitrogens with zero attached hydrogens (tertiary/aromatic N) is 4. The summed E-state index contributed by atoms with van der Waals surface area (Å²) in [5, 5.41) is 4.98. The van der Waals surface area contributed by atoms with Crippen LogP contribution in [0.1, 0.15) is 31.5 Å². The van der Waals surface area contributed by atoms with E-state index in [9.17, 15) is 9.59 Å². The van der Waals surface area contributed by atoms with Crippen LogP contribution in [0.5, 0.6) is 0 Å². The topological polar surface area (TPSA) is 84.5 Å². The first kappa shape index (κ1) is 19.3. The number of amides is 3. The minimum atomic E-state index is -0.440. The highest BCUT2D eigenvalue weighted by Gasteiger charge is 2.19. The number of primary amides is 1. The molecule has 1 fully saturated rings. The normalized spacial score (nSPS) is 15.9. The molecule has 7 nitrogen and oxygen atoms in total. The Kier molecular flexibility index (Phi) is 6.47. The third-order valence-corrected chi connectivity index (χ3v) is 4.56. The van der Waals surface area contributed by atoms with Gasteiger partial charge in [0.25, 0.3) is 0 Å². The van der Waals surface area contributed by atoms with E-state index >= 15 is 0 Å². The second-order valence-electron chi connectivity index (χ2n) is 6.70. The van der Waals surface area contributed by atoms with Crippen molar-refractivity contribution in [2.75, 3.05) is 26.2 Å². The molecule has 0 aromatic carbocycles. The Morgan fingerprint density at radius 3 is 2.52 bits per heavy atom. The first-order chi connectivity index (χ1) is 11.8. The van der Waals surface area contributed by atoms with Gasteiger partial charge in [-0.3, -0.25) is 9.48 Å². The zero-order valence-corrected chi connectivity index (χ0v) is 15.8. The molecule has 0 atom stereocenters. The predicted molar refractivity (Wildman–Crippen MR) is 98.2 cm³/mol. The summed E-state index contributed by atoms with van der Waals surface area (Å²) in [6, 6.07) is -0.440. The molecule has 1 aliphatic heterocycles. The first-order valence-electron chi connectivity index (χ1n) is 8.54. The van der Waals surface area contributed by atoms with E-state index in [1.165, 1.54) is 6.08 Å². The maximum atomic E-state index is 12.4. The molecule has 25 heavy (non-hydrogen) atoms. The van der Waals surface area contributed by atoms with Gasteiger partial charge in [-0.2, -0.15) is 5.10 Å². The summed E-state index contributed by atoms with van der Waals surface area (Å²) in [6.45, 7) is 8.93. The average molecular weight is 368 g/mol. The van der Waals surface area contributed by atoms with Crippen molar-refractivity contribution in [2.24, 2.45) is 11.7 Å². The summed E-state index contributed by atoms with van der Waals surface area (Å²) in [4.78, 5) is 27.0. The monoisotopic (exact) mass is 367 g/mol. The molecule has 1 aromatic rings. The van der Waals surface area contributed by atoms with E-state index in [1.807, 2.05) is 6.92 Å². The number of hydrogen-bond donors (Lipinski definition) is 1. The van der Waals surface area contributed by atoms with Gasteiger partial charge in [0, 0.05) is 44.4 Å². The second-order valence-corrected chi connectivity index (χ2v) is 7.06. The van der Waals surface area contributed by atoms with Crippen molar-refractivity contribution >= 4 is 29.6 Å². The van der Waals surface area contributed by atoms with Gasteiger partial charge >= 0.3 is 6.03 Å². The molecular formula is C17H26ClN5O2. The number of nitrogens with two attached hydrogens (primary N) is 1. The van der Waals surface area contributed by atoms with Crippen molar-refractivity contribution in [1.82, 2.24) is 19.6 Å². The van der Waals surface area contributed by atoms with Gasteiger partial charge in [0.05, 0.1) is 5.69 Å². The van der Waals surface area contributed by atoms with E-state index in [-0.39, 0.29) is 5.91 Å². The van der Waals surface area contributed by atoms with Crippen LogP contribution in [-0.2, 0) is 11.3 Å². The molecule has 1 aromatic heterocycles. The van der Waals surface area contributed by atoms with Crippen LogP contribution in [0.2, 0.25) is 5.15 Å². The van der Waals surface area contributed by atoms with Crippen LogP contribution in [0.15, 0.2) is 6.08 Å². The molecule has 0 aliphatic carbocycles. The highest BCUT2D eigenvalue weighted by Crippen LogP contribution is 2.22. The third-order valence-electron chi connectivity index (χ3n) is 4.16. The molecule has 2 heterocycles. The number of hydrogen-bond acceptors (Lipinski definition) is 3. The number of carbonyl (C=O) groups is 2. The standard InChI is InChI=1S/C17H26ClN5O2/c1-12(2)11-23-16(18)14(13(3)20-23)5-6-15(24)21-7-4-8-22(10-9-21)17(19)25/h5-6,12H,4,7-11H2,1-3H3,(H2,19,25). The minimum absolute atomic E-state index is 0.0987. The zero-order chi connectivity index (χ0) is 18.6. The van der Waals surface area contributed by atoms with E-state index in [2.05, 4.69) is 18.9 Å². The van der Waals surface area contributed by atoms with Gasteiger partial charge in [0.1, 0.15) is 5.15 Å². The number of aromatic nitrogens is 2. The van der Waals surface area contributed by atoms with Gasteiger partial charge in [-0.15, -0.1) is 0 Å². The Labute approximate surface area is 153 Å². The average Bonchev–Trinajstić information content (AvgIpc) is 2.72. The van der Waals surface area contributed by atoms with Crippen LogP contribution >= 0.6 is 11.6 Å². The maximum Gasteiger partial charge on any atom is 0.314 e. The van der Waals surface area contributed by atoms with Gasteiger partial charge < -0.3 is 15.5 Å². The van der Waals surface area contributed by atoms with Crippen molar-refractivity contribution in [3.05, 3.63) is 22.5 Å². The molecule has 8 heteroatoms. The van der Waals surface area contributed by atoms with Crippen LogP contribution in [0.3, 0.4) is 0 Å². The maximum absolute atomic E-state index is 12.4. The lowest BCUT2D eigenvalue weighted by Gasteiger charge is -2.19. The molecular weight excluding hydrogens is 342 g/mol. The van der Waals surface area contributed by atoms with Crippen molar-refractivity contribution in [1.29, 1.82) is 0 Å². The Hall–Kier alpha value is -2.02. The molecule has 0 bridgehead atoms. The first-order valence-corrected chi connectivity index (χ1v) is 8.91. The smallest absolute Gasteiger partial charge is 0.314 e. The number of urea groups is 1. The van der Waals surface area contributed by atoms with Crippen molar-refractivity contribution in [3.63, 3.8) is 0 Å². The fourth-order valence-electron chi connectivity index (χ4n) is 2.84. The molecule has 3 amide bonds. The molecule has 2 rings (SSSR count). The summed E-state index contributed by atoms with van der Waals surface area (Å²) in [6.07, 6.45) is 3.96. The van der Waals surface area contributed by atoms with Crippen LogP contribution < -0.4 is 5.73 Å². The second kappa shape index (κ2) is 8.38. The zero-order valence-electron chi connectivity index (χ0n) is 15.0. The summed E-state index contributed by atoms with van der Waals surface area (Å²) in [5.41, 5.74) is 6.87. The quantitative estimate of drug-likeness (QED) is 0.827. The fraction of sp³-hybridized carbons (Fsp3) is 0.588. The number of halogens is 1. The van der Waals surface area contributed by atoms with Gasteiger partial charge in [0.2, 0.25) is 5.91 Å². The molecule has 0 spiro atoms. The number of carbonyl (C=O) groups excluding carboxylic acids is 2. The minimum Gasteiger partial charge on any atom is -0.351 e. The Morgan fingerprint density at radius 2 is 1.88 bits per heavy atom. The SMILES string of the molecule is Cc1nn(CC(C)C)c(Cl)c1C=CC(=O)N1CCCN(C(N)=O)CC1. The Bertz CT molecular complexity index is 668. The lowest BCUT2D eigenvalue weighted by molar-refractivity contribution is -0.125. The van der Waals surface area contributed by atoms with E-state index < -0.39 is 6.03 Å². The molecule has 0 radical (unpaired) electrons. The van der Waals surface area contributed by atoms with Gasteiger partial charge in [-0.05, 0) is 25.3 Å². The summed E-state index contributed by atoms with van der Waals surface area (Å²) < 4.78 is 1.77. The Balaban J connectivity index is 2.05. The highest BCUT2D eigenvalue weighted by atomic mass is 35.5. The van der Waals surface area contributed by atoms with E-state index in [1.54, 1.807) is 20.6 Å². The van der Waals surface area contributed by atoms with Crippen LogP contribution in [0.25, 0.3) is 6.08 Å². The molecule has 0 unspecified atom stereocenters. The third kappa shape index (κ3) is 4.98. The molecule has 138 valence electrons. The highest BCUT2D eigenvalue weighted by molar-refractivity contribution is 6.31. The lowest BCUT2D eigenvalue weighted by Crippen LogP contribution is -2.39. The van der Waals surface area contributed by atoms with Crippen molar-refractivity contribution in [3.8, 4) is 0 Å². The molecule has 1 aliphatic rings. The number of aryl methyl sites for hydroxylation is 1. The van der Waals surface area contributed by atoms with Crippen molar-refractivity contribution in [2.45, 2.75) is 33.7 Å². The van der Waals surface area contributed by atoms with Gasteiger partial charge in [-0.25, -0.2) is 4.79 Å². The molecule has 1 saturated heterocycles. The van der Waals surface area contributed by atoms with Gasteiger partial charge in [0.15, 0.2) is 0 Å². The fourth-order valence-corrected chi connectivity index (χ4v) is 3.15. The van der Waals surface area contributed by atoms with Crippen molar-refractivity contribution < 1.29 is 9.59 Å². The molecule has 0 saturated carbocycles. The van der Waals surface area contributed by atoms with E-state index in [4.69, 9.17) is 17.3 Å². The van der Waals surface area contributed by atoms with Crippen LogP contribution in [-0.4, -0.2) is 57.7 Å². The van der Waals surface area contributed by atoms with E-state index in [0.29, 0.717) is 43.7 Å². The number of rotatable bonds is 4. The van der Waals surface area contributed by atoms with Crippen LogP contribution in [0, 0.1) is 12.8 Å². The largest absolute Gasteiger partial charge is 0.351 e. The van der Waals surface area contributed by atoms with E-state index in [0.717, 1.165) is 17.8 Å². The Morgan fingerprint density at radius 1 is 1.24 bits per heavy atom. The van der Waals surface area contributed by atoms with Gasteiger partial charge in [-0.1, -0.05) is 25.4 Å². The molecule has 2 N–H and O–H groups in total. The lowest BCUT2D eigenvalue weighted by atomic mass is 10.2. The summed E-state index contributed by atoms with van der Waals surface area (Å²) >= 11 is 6.39. The van der Waals surface area contributed by atoms with Crippen LogP contribution in [0.4, 0.5) is 4.79 Å². The predicted octanol–water partition coefficient (Wildman–Crippen LogP) is 2.13. The summed E-state index contributed by atoms with van der Waals surface area (Å²) in [7, 11) is 0.